The lowest BCUT2D eigenvalue weighted by atomic mass is 10.2. The average molecular weight is 355 g/mol. The molecule has 7 nitrogen and oxygen atoms in total. The van der Waals surface area contributed by atoms with E-state index in [1.54, 1.807) is 6.07 Å². The minimum absolute atomic E-state index is 0.0479. The second-order valence-electron chi connectivity index (χ2n) is 4.97. The highest BCUT2D eigenvalue weighted by Crippen LogP contribution is 2.26. The lowest BCUT2D eigenvalue weighted by molar-refractivity contribution is -0.385. The molecule has 0 spiro atoms. The molecule has 0 bridgehead atoms. The molecule has 126 valence electrons. The zero-order chi connectivity index (χ0) is 17.6. The van der Waals surface area contributed by atoms with Gasteiger partial charge in [-0.25, -0.2) is 4.98 Å². The van der Waals surface area contributed by atoms with Gasteiger partial charge in [0, 0.05) is 17.0 Å². The van der Waals surface area contributed by atoms with Crippen LogP contribution in [-0.2, 0) is 4.79 Å². The number of hydrogen-bond donors (Lipinski definition) is 1. The van der Waals surface area contributed by atoms with Crippen LogP contribution in [0.3, 0.4) is 0 Å². The number of nitrogens with zero attached hydrogens (tertiary/aromatic N) is 2. The Morgan fingerprint density at radius 3 is 2.64 bits per heavy atom. The van der Waals surface area contributed by atoms with Crippen LogP contribution >= 0.6 is 11.3 Å². The molecule has 1 N–H and O–H groups in total. The number of anilines is 1. The first kappa shape index (κ1) is 16.6. The fourth-order valence-electron chi connectivity index (χ4n) is 2.10. The van der Waals surface area contributed by atoms with Gasteiger partial charge in [-0.05, 0) is 6.07 Å². The Labute approximate surface area is 147 Å². The molecule has 3 rings (SSSR count). The molecule has 0 saturated heterocycles. The van der Waals surface area contributed by atoms with E-state index in [2.05, 4.69) is 10.3 Å². The third-order valence-electron chi connectivity index (χ3n) is 3.24. The van der Waals surface area contributed by atoms with Crippen LogP contribution in [0.5, 0.6) is 5.75 Å². The molecule has 0 fully saturated rings. The molecule has 1 aromatic heterocycles. The van der Waals surface area contributed by atoms with Crippen LogP contribution in [0.4, 0.5) is 10.8 Å². The van der Waals surface area contributed by atoms with E-state index < -0.39 is 10.8 Å². The first-order valence-corrected chi connectivity index (χ1v) is 8.18. The number of nitro benzene ring substituents is 1. The molecule has 25 heavy (non-hydrogen) atoms. The summed E-state index contributed by atoms with van der Waals surface area (Å²) in [6.07, 6.45) is 0. The summed E-state index contributed by atoms with van der Waals surface area (Å²) in [5, 5.41) is 15.8. The zero-order valence-corrected chi connectivity index (χ0v) is 13.7. The molecular formula is C17H13N3O4S. The Balaban J connectivity index is 1.61. The van der Waals surface area contributed by atoms with Crippen LogP contribution in [0.1, 0.15) is 0 Å². The summed E-state index contributed by atoms with van der Waals surface area (Å²) >= 11 is 1.30. The largest absolute Gasteiger partial charge is 0.477 e. The fraction of sp³-hybridized carbons (Fsp3) is 0.0588. The van der Waals surface area contributed by atoms with Gasteiger partial charge in [-0.15, -0.1) is 11.3 Å². The molecule has 1 amide bonds. The predicted molar refractivity (Wildman–Crippen MR) is 94.8 cm³/mol. The van der Waals surface area contributed by atoms with Gasteiger partial charge in [0.15, 0.2) is 17.5 Å². The smallest absolute Gasteiger partial charge is 0.310 e. The molecule has 0 atom stereocenters. The molecule has 0 aliphatic heterocycles. The van der Waals surface area contributed by atoms with E-state index in [4.69, 9.17) is 4.74 Å². The second-order valence-corrected chi connectivity index (χ2v) is 5.82. The molecular weight excluding hydrogens is 342 g/mol. The SMILES string of the molecule is O=C(COc1ccccc1[N+](=O)[O-])Nc1nc(-c2ccccc2)cs1. The number of ether oxygens (including phenoxy) is 1. The van der Waals surface area contributed by atoms with Gasteiger partial charge in [0.05, 0.1) is 10.6 Å². The lowest BCUT2D eigenvalue weighted by Crippen LogP contribution is -2.20. The normalized spacial score (nSPS) is 10.2. The summed E-state index contributed by atoms with van der Waals surface area (Å²) in [5.41, 5.74) is 1.53. The van der Waals surface area contributed by atoms with Crippen LogP contribution < -0.4 is 10.1 Å². The molecule has 8 heteroatoms. The third-order valence-corrected chi connectivity index (χ3v) is 4.00. The molecule has 3 aromatic rings. The lowest BCUT2D eigenvalue weighted by Gasteiger charge is -2.06. The van der Waals surface area contributed by atoms with E-state index in [-0.39, 0.29) is 18.0 Å². The fourth-order valence-corrected chi connectivity index (χ4v) is 2.84. The number of carbonyl (C=O) groups excluding carboxylic acids is 1. The first-order chi connectivity index (χ1) is 12.1. The second kappa shape index (κ2) is 7.54. The molecule has 0 aliphatic rings. The number of nitro groups is 1. The Morgan fingerprint density at radius 1 is 1.16 bits per heavy atom. The molecule has 2 aromatic carbocycles. The minimum Gasteiger partial charge on any atom is -0.477 e. The highest BCUT2D eigenvalue weighted by molar-refractivity contribution is 7.14. The maximum atomic E-state index is 12.0. The highest BCUT2D eigenvalue weighted by atomic mass is 32.1. The van der Waals surface area contributed by atoms with Gasteiger partial charge in [0.1, 0.15) is 0 Å². The van der Waals surface area contributed by atoms with Crippen molar-refractivity contribution in [1.82, 2.24) is 4.98 Å². The number of aromatic nitrogens is 1. The van der Waals surface area contributed by atoms with Crippen molar-refractivity contribution in [3.8, 4) is 17.0 Å². The van der Waals surface area contributed by atoms with E-state index >= 15 is 0 Å². The summed E-state index contributed by atoms with van der Waals surface area (Å²) < 4.78 is 5.25. The molecule has 0 radical (unpaired) electrons. The Morgan fingerprint density at radius 2 is 1.88 bits per heavy atom. The van der Waals surface area contributed by atoms with Crippen molar-refractivity contribution in [1.29, 1.82) is 0 Å². The number of benzene rings is 2. The van der Waals surface area contributed by atoms with Crippen molar-refractivity contribution in [2.45, 2.75) is 0 Å². The minimum atomic E-state index is -0.555. The van der Waals surface area contributed by atoms with Crippen molar-refractivity contribution in [3.63, 3.8) is 0 Å². The number of carbonyl (C=O) groups is 1. The van der Waals surface area contributed by atoms with Crippen molar-refractivity contribution in [3.05, 3.63) is 70.1 Å². The third kappa shape index (κ3) is 4.18. The predicted octanol–water partition coefficient (Wildman–Crippen LogP) is 3.74. The van der Waals surface area contributed by atoms with Gasteiger partial charge >= 0.3 is 5.69 Å². The zero-order valence-electron chi connectivity index (χ0n) is 12.9. The molecule has 1 heterocycles. The number of amides is 1. The van der Waals surface area contributed by atoms with Crippen LogP contribution in [0.2, 0.25) is 0 Å². The number of thiazole rings is 1. The van der Waals surface area contributed by atoms with Crippen LogP contribution in [-0.4, -0.2) is 22.4 Å². The van der Waals surface area contributed by atoms with Gasteiger partial charge < -0.3 is 4.74 Å². The van der Waals surface area contributed by atoms with Crippen molar-refractivity contribution in [2.24, 2.45) is 0 Å². The maximum absolute atomic E-state index is 12.0. The van der Waals surface area contributed by atoms with Gasteiger partial charge in [0.25, 0.3) is 5.91 Å². The molecule has 0 unspecified atom stereocenters. The number of nitrogens with one attached hydrogen (secondary N) is 1. The average Bonchev–Trinajstić information content (AvgIpc) is 3.09. The van der Waals surface area contributed by atoms with E-state index in [9.17, 15) is 14.9 Å². The summed E-state index contributed by atoms with van der Waals surface area (Å²) in [7, 11) is 0. The van der Waals surface area contributed by atoms with Crippen molar-refractivity contribution in [2.75, 3.05) is 11.9 Å². The van der Waals surface area contributed by atoms with Crippen LogP contribution in [0.25, 0.3) is 11.3 Å². The van der Waals surface area contributed by atoms with Crippen molar-refractivity contribution >= 4 is 28.1 Å². The quantitative estimate of drug-likeness (QED) is 0.537. The van der Waals surface area contributed by atoms with Crippen LogP contribution in [0.15, 0.2) is 60.0 Å². The summed E-state index contributed by atoms with van der Waals surface area (Å²) in [4.78, 5) is 26.7. The number of rotatable bonds is 6. The summed E-state index contributed by atoms with van der Waals surface area (Å²) in [6, 6.07) is 15.5. The Hall–Kier alpha value is -3.26. The molecule has 0 aliphatic carbocycles. The first-order valence-electron chi connectivity index (χ1n) is 7.30. The monoisotopic (exact) mass is 355 g/mol. The standard InChI is InChI=1S/C17H13N3O4S/c21-16(10-24-15-9-5-4-8-14(15)20(22)23)19-17-18-13(11-25-17)12-6-2-1-3-7-12/h1-9,11H,10H2,(H,18,19,21). The maximum Gasteiger partial charge on any atom is 0.310 e. The van der Waals surface area contributed by atoms with E-state index in [0.717, 1.165) is 11.3 Å². The van der Waals surface area contributed by atoms with E-state index in [1.807, 2.05) is 35.7 Å². The van der Waals surface area contributed by atoms with Crippen molar-refractivity contribution < 1.29 is 14.5 Å². The van der Waals surface area contributed by atoms with Crippen LogP contribution in [0, 0.1) is 10.1 Å². The molecule has 0 saturated carbocycles. The van der Waals surface area contributed by atoms with E-state index in [0.29, 0.717) is 5.13 Å². The Bertz CT molecular complexity index is 896. The van der Waals surface area contributed by atoms with Gasteiger partial charge in [-0.3, -0.25) is 20.2 Å². The summed E-state index contributed by atoms with van der Waals surface area (Å²) in [5.74, 6) is -0.390. The Kier molecular flexibility index (Phi) is 5.00. The van der Waals surface area contributed by atoms with E-state index in [1.165, 1.54) is 29.5 Å². The van der Waals surface area contributed by atoms with Gasteiger partial charge in [-0.2, -0.15) is 0 Å². The van der Waals surface area contributed by atoms with Gasteiger partial charge in [-0.1, -0.05) is 42.5 Å². The highest BCUT2D eigenvalue weighted by Gasteiger charge is 2.15. The van der Waals surface area contributed by atoms with Gasteiger partial charge in [0.2, 0.25) is 0 Å². The summed E-state index contributed by atoms with van der Waals surface area (Å²) in [6.45, 7) is -0.342. The number of para-hydroxylation sites is 2. The topological polar surface area (TPSA) is 94.4 Å². The number of hydrogen-bond acceptors (Lipinski definition) is 6.